The molecule has 2 heteroatoms. The minimum atomic E-state index is 0.419. The molecule has 0 saturated carbocycles. The molecule has 1 heterocycles. The largest absolute Gasteiger partial charge is 0.469 e. The van der Waals surface area contributed by atoms with Crippen LogP contribution in [-0.4, -0.2) is 6.04 Å². The van der Waals surface area contributed by atoms with Crippen molar-refractivity contribution in [2.75, 3.05) is 0 Å². The Morgan fingerprint density at radius 3 is 2.44 bits per heavy atom. The van der Waals surface area contributed by atoms with Crippen molar-refractivity contribution in [1.29, 1.82) is 0 Å². The van der Waals surface area contributed by atoms with Gasteiger partial charge < -0.3 is 9.73 Å². The molecular weight excluding hydrogens is 222 g/mol. The molecule has 0 aliphatic carbocycles. The van der Waals surface area contributed by atoms with Crippen molar-refractivity contribution in [2.45, 2.75) is 39.3 Å². The molecule has 0 fully saturated rings. The molecule has 0 radical (unpaired) electrons. The fraction of sp³-hybridized carbons (Fsp3) is 0.375. The van der Waals surface area contributed by atoms with Gasteiger partial charge in [0.05, 0.1) is 6.26 Å². The van der Waals surface area contributed by atoms with Crippen LogP contribution in [0.5, 0.6) is 0 Å². The van der Waals surface area contributed by atoms with Gasteiger partial charge in [0, 0.05) is 19.0 Å². The standard InChI is InChI=1S/C16H21NO/c1-3-14-6-8-15(9-7-14)12-17-13(2)11-16-5-4-10-18-16/h4-10,13,17H,3,11-12H2,1-2H3. The molecule has 0 bridgehead atoms. The van der Waals surface area contributed by atoms with E-state index in [-0.39, 0.29) is 0 Å². The van der Waals surface area contributed by atoms with Gasteiger partial charge in [-0.25, -0.2) is 0 Å². The lowest BCUT2D eigenvalue weighted by molar-refractivity contribution is 0.456. The minimum absolute atomic E-state index is 0.419. The smallest absolute Gasteiger partial charge is 0.105 e. The third-order valence-electron chi connectivity index (χ3n) is 3.17. The van der Waals surface area contributed by atoms with Crippen LogP contribution in [0.1, 0.15) is 30.7 Å². The number of aryl methyl sites for hydroxylation is 1. The van der Waals surface area contributed by atoms with Crippen LogP contribution in [0.15, 0.2) is 47.1 Å². The number of nitrogens with one attached hydrogen (secondary N) is 1. The maximum absolute atomic E-state index is 5.35. The van der Waals surface area contributed by atoms with Crippen molar-refractivity contribution in [3.8, 4) is 0 Å². The van der Waals surface area contributed by atoms with Gasteiger partial charge in [-0.2, -0.15) is 0 Å². The van der Waals surface area contributed by atoms with Crippen molar-refractivity contribution in [3.05, 3.63) is 59.5 Å². The highest BCUT2D eigenvalue weighted by Crippen LogP contribution is 2.07. The molecule has 1 aromatic heterocycles. The third-order valence-corrected chi connectivity index (χ3v) is 3.17. The molecule has 1 N–H and O–H groups in total. The predicted molar refractivity (Wildman–Crippen MR) is 74.5 cm³/mol. The van der Waals surface area contributed by atoms with E-state index in [0.29, 0.717) is 6.04 Å². The molecule has 1 aromatic carbocycles. The van der Waals surface area contributed by atoms with Crippen molar-refractivity contribution in [3.63, 3.8) is 0 Å². The molecule has 0 aliphatic rings. The SMILES string of the molecule is CCc1ccc(CNC(C)Cc2ccco2)cc1. The summed E-state index contributed by atoms with van der Waals surface area (Å²) >= 11 is 0. The molecule has 96 valence electrons. The summed E-state index contributed by atoms with van der Waals surface area (Å²) in [5.74, 6) is 1.04. The van der Waals surface area contributed by atoms with E-state index in [9.17, 15) is 0 Å². The van der Waals surface area contributed by atoms with E-state index in [2.05, 4.69) is 43.4 Å². The van der Waals surface area contributed by atoms with Gasteiger partial charge in [-0.15, -0.1) is 0 Å². The van der Waals surface area contributed by atoms with Crippen LogP contribution in [0.2, 0.25) is 0 Å². The highest BCUT2D eigenvalue weighted by atomic mass is 16.3. The summed E-state index contributed by atoms with van der Waals surface area (Å²) in [7, 11) is 0. The number of hydrogen-bond donors (Lipinski definition) is 1. The Balaban J connectivity index is 1.79. The maximum Gasteiger partial charge on any atom is 0.105 e. The van der Waals surface area contributed by atoms with Gasteiger partial charge in [0.25, 0.3) is 0 Å². The first-order valence-electron chi connectivity index (χ1n) is 6.61. The van der Waals surface area contributed by atoms with Crippen LogP contribution < -0.4 is 5.32 Å². The molecule has 1 atom stereocenters. The first-order valence-corrected chi connectivity index (χ1v) is 6.61. The molecule has 18 heavy (non-hydrogen) atoms. The Kier molecular flexibility index (Phi) is 4.59. The third kappa shape index (κ3) is 3.74. The van der Waals surface area contributed by atoms with Crippen molar-refractivity contribution < 1.29 is 4.42 Å². The topological polar surface area (TPSA) is 25.2 Å². The zero-order valence-corrected chi connectivity index (χ0v) is 11.1. The van der Waals surface area contributed by atoms with Gasteiger partial charge in [0.2, 0.25) is 0 Å². The summed E-state index contributed by atoms with van der Waals surface area (Å²) in [6, 6.07) is 13.2. The Labute approximate surface area is 109 Å². The summed E-state index contributed by atoms with van der Waals surface area (Å²) in [5, 5.41) is 3.51. The zero-order valence-electron chi connectivity index (χ0n) is 11.1. The molecule has 2 aromatic rings. The number of hydrogen-bond acceptors (Lipinski definition) is 2. The fourth-order valence-corrected chi connectivity index (χ4v) is 1.99. The van der Waals surface area contributed by atoms with Crippen LogP contribution >= 0.6 is 0 Å². The normalized spacial score (nSPS) is 12.6. The highest BCUT2D eigenvalue weighted by molar-refractivity contribution is 5.22. The number of furan rings is 1. The average Bonchev–Trinajstić information content (AvgIpc) is 2.90. The molecular formula is C16H21NO. The minimum Gasteiger partial charge on any atom is -0.469 e. The van der Waals surface area contributed by atoms with Gasteiger partial charge >= 0.3 is 0 Å². The van der Waals surface area contributed by atoms with Gasteiger partial charge in [-0.1, -0.05) is 31.2 Å². The Morgan fingerprint density at radius 2 is 1.83 bits per heavy atom. The summed E-state index contributed by atoms with van der Waals surface area (Å²) in [4.78, 5) is 0. The van der Waals surface area contributed by atoms with E-state index in [1.165, 1.54) is 11.1 Å². The molecule has 2 rings (SSSR count). The number of benzene rings is 1. The van der Waals surface area contributed by atoms with Crippen LogP contribution in [0.3, 0.4) is 0 Å². The Morgan fingerprint density at radius 1 is 1.11 bits per heavy atom. The van der Waals surface area contributed by atoms with E-state index in [1.807, 2.05) is 12.1 Å². The van der Waals surface area contributed by atoms with Crippen LogP contribution in [-0.2, 0) is 19.4 Å². The monoisotopic (exact) mass is 243 g/mol. The quantitative estimate of drug-likeness (QED) is 0.839. The van der Waals surface area contributed by atoms with Crippen LogP contribution in [0.25, 0.3) is 0 Å². The van der Waals surface area contributed by atoms with E-state index in [4.69, 9.17) is 4.42 Å². The van der Waals surface area contributed by atoms with Crippen molar-refractivity contribution in [2.24, 2.45) is 0 Å². The van der Waals surface area contributed by atoms with E-state index < -0.39 is 0 Å². The lowest BCUT2D eigenvalue weighted by Gasteiger charge is -2.12. The van der Waals surface area contributed by atoms with Gasteiger partial charge in [-0.3, -0.25) is 0 Å². The van der Waals surface area contributed by atoms with Crippen molar-refractivity contribution in [1.82, 2.24) is 5.32 Å². The van der Waals surface area contributed by atoms with Gasteiger partial charge in [0.15, 0.2) is 0 Å². The van der Waals surface area contributed by atoms with E-state index in [1.54, 1.807) is 6.26 Å². The van der Waals surface area contributed by atoms with Crippen LogP contribution in [0.4, 0.5) is 0 Å². The molecule has 0 saturated heterocycles. The average molecular weight is 243 g/mol. The second-order valence-corrected chi connectivity index (χ2v) is 4.74. The number of rotatable bonds is 6. The lowest BCUT2D eigenvalue weighted by atomic mass is 10.1. The Bertz CT molecular complexity index is 444. The second kappa shape index (κ2) is 6.41. The summed E-state index contributed by atoms with van der Waals surface area (Å²) < 4.78 is 5.35. The summed E-state index contributed by atoms with van der Waals surface area (Å²) in [6.07, 6.45) is 3.76. The highest BCUT2D eigenvalue weighted by Gasteiger charge is 2.05. The van der Waals surface area contributed by atoms with Gasteiger partial charge in [0.1, 0.15) is 5.76 Å². The first-order chi connectivity index (χ1) is 8.78. The summed E-state index contributed by atoms with van der Waals surface area (Å²) in [6.45, 7) is 5.27. The van der Waals surface area contributed by atoms with Gasteiger partial charge in [-0.05, 0) is 36.6 Å². The molecule has 1 unspecified atom stereocenters. The molecule has 0 spiro atoms. The first kappa shape index (κ1) is 12.9. The maximum atomic E-state index is 5.35. The fourth-order valence-electron chi connectivity index (χ4n) is 1.99. The lowest BCUT2D eigenvalue weighted by Crippen LogP contribution is -2.27. The van der Waals surface area contributed by atoms with E-state index >= 15 is 0 Å². The summed E-state index contributed by atoms with van der Waals surface area (Å²) in [5.41, 5.74) is 2.72. The molecule has 0 aliphatic heterocycles. The zero-order chi connectivity index (χ0) is 12.8. The molecule has 2 nitrogen and oxygen atoms in total. The van der Waals surface area contributed by atoms with E-state index in [0.717, 1.165) is 25.1 Å². The second-order valence-electron chi connectivity index (χ2n) is 4.74. The Hall–Kier alpha value is -1.54. The molecule has 0 amide bonds. The predicted octanol–water partition coefficient (Wildman–Crippen LogP) is 3.56. The van der Waals surface area contributed by atoms with Crippen molar-refractivity contribution >= 4 is 0 Å². The van der Waals surface area contributed by atoms with Crippen LogP contribution in [0, 0.1) is 0 Å².